The number of nitrogen functional groups attached to an aromatic ring is 1. The third-order valence-corrected chi connectivity index (χ3v) is 5.87. The number of nitrogens with two attached hydrogens (primary N) is 1. The second kappa shape index (κ2) is 9.79. The molecule has 0 unspecified atom stereocenters. The molecule has 10 heteroatoms. The topological polar surface area (TPSA) is 130 Å². The Bertz CT molecular complexity index is 1640. The number of methoxy groups -OCH3 is 1. The maximum atomic E-state index is 13.6. The molecule has 0 saturated carbocycles. The molecule has 5 aromatic rings. The Morgan fingerprint density at radius 2 is 1.78 bits per heavy atom. The summed E-state index contributed by atoms with van der Waals surface area (Å²) in [6.45, 7) is 0.515. The third-order valence-electron chi connectivity index (χ3n) is 5.87. The molecule has 2 aromatic carbocycles. The van der Waals surface area contributed by atoms with Gasteiger partial charge < -0.3 is 20.2 Å². The first-order valence-corrected chi connectivity index (χ1v) is 11.3. The van der Waals surface area contributed by atoms with E-state index in [1.165, 1.54) is 4.57 Å². The number of hydrogen-bond acceptors (Lipinski definition) is 8. The number of fused-ring (bicyclic) bond motifs is 1. The van der Waals surface area contributed by atoms with Gasteiger partial charge in [0.05, 0.1) is 26.5 Å². The van der Waals surface area contributed by atoms with Crippen LogP contribution in [0.3, 0.4) is 0 Å². The number of aromatic nitrogens is 4. The smallest absolute Gasteiger partial charge is 0.355 e. The Morgan fingerprint density at radius 3 is 2.56 bits per heavy atom. The molecule has 0 bridgehead atoms. The van der Waals surface area contributed by atoms with Crippen molar-refractivity contribution in [1.29, 1.82) is 0 Å². The quantitative estimate of drug-likeness (QED) is 0.344. The Morgan fingerprint density at radius 1 is 1.00 bits per heavy atom. The van der Waals surface area contributed by atoms with Gasteiger partial charge in [0.2, 0.25) is 5.95 Å². The minimum Gasteiger partial charge on any atom is -0.497 e. The van der Waals surface area contributed by atoms with E-state index in [0.29, 0.717) is 11.6 Å². The van der Waals surface area contributed by atoms with Crippen LogP contribution in [-0.4, -0.2) is 26.2 Å². The zero-order valence-electron chi connectivity index (χ0n) is 19.5. The number of ether oxygens (including phenoxy) is 1. The first-order chi connectivity index (χ1) is 17.5. The molecular weight excluding hydrogens is 460 g/mol. The number of furan rings is 1. The van der Waals surface area contributed by atoms with Gasteiger partial charge in [0.15, 0.2) is 0 Å². The van der Waals surface area contributed by atoms with Gasteiger partial charge in [0.25, 0.3) is 0 Å². The first kappa shape index (κ1) is 22.9. The number of rotatable bonds is 8. The van der Waals surface area contributed by atoms with E-state index in [2.05, 4.69) is 15.3 Å². The fraction of sp³-hybridized carbons (Fsp3) is 0.154. The van der Waals surface area contributed by atoms with Crippen molar-refractivity contribution in [3.63, 3.8) is 0 Å². The van der Waals surface area contributed by atoms with Crippen LogP contribution in [0.1, 0.15) is 16.7 Å². The third kappa shape index (κ3) is 4.69. The summed E-state index contributed by atoms with van der Waals surface area (Å²) in [7, 11) is 1.58. The van der Waals surface area contributed by atoms with Gasteiger partial charge in [-0.05, 0) is 47.5 Å². The van der Waals surface area contributed by atoms with Gasteiger partial charge in [-0.15, -0.1) is 0 Å². The number of nitrogens with zero attached hydrogens (tertiary/aromatic N) is 4. The Kier molecular flexibility index (Phi) is 6.23. The molecule has 0 saturated heterocycles. The van der Waals surface area contributed by atoms with Gasteiger partial charge in [-0.3, -0.25) is 4.57 Å². The summed E-state index contributed by atoms with van der Waals surface area (Å²) in [6, 6.07) is 18.3. The second-order valence-electron chi connectivity index (χ2n) is 8.22. The maximum absolute atomic E-state index is 13.6. The van der Waals surface area contributed by atoms with E-state index in [1.807, 2.05) is 30.3 Å². The summed E-state index contributed by atoms with van der Waals surface area (Å²) in [6.07, 6.45) is 3.21. The van der Waals surface area contributed by atoms with Crippen molar-refractivity contribution in [3.05, 3.63) is 111 Å². The van der Waals surface area contributed by atoms with Crippen LogP contribution < -0.4 is 27.2 Å². The van der Waals surface area contributed by atoms with E-state index in [-0.39, 0.29) is 25.6 Å². The van der Waals surface area contributed by atoms with Gasteiger partial charge in [0.1, 0.15) is 17.2 Å². The van der Waals surface area contributed by atoms with Gasteiger partial charge in [0, 0.05) is 23.7 Å². The van der Waals surface area contributed by atoms with Crippen molar-refractivity contribution in [1.82, 2.24) is 19.1 Å². The lowest BCUT2D eigenvalue weighted by Crippen LogP contribution is -2.43. The Balaban J connectivity index is 1.53. The molecular formula is C26H24N6O4. The van der Waals surface area contributed by atoms with E-state index in [9.17, 15) is 9.59 Å². The molecule has 3 N–H and O–H groups in total. The standard InChI is InChI=1S/C26H24N6O4/c1-35-21-7-4-17(5-8-21)15-32-25(33)30-24(29-14-20-3-2-11-28-23(20)27)31(26(32)34)16-18-6-9-22-19(13-18)10-12-36-22/h2-13H,14-16H2,1H3,(H2,27,28)(H,29,30,33). The average molecular weight is 485 g/mol. The summed E-state index contributed by atoms with van der Waals surface area (Å²) in [5.41, 5.74) is 7.91. The molecule has 5 rings (SSSR count). The van der Waals surface area contributed by atoms with Crippen LogP contribution in [0.25, 0.3) is 11.0 Å². The van der Waals surface area contributed by atoms with Crippen molar-refractivity contribution < 1.29 is 9.15 Å². The highest BCUT2D eigenvalue weighted by molar-refractivity contribution is 5.77. The highest BCUT2D eigenvalue weighted by atomic mass is 16.5. The molecule has 182 valence electrons. The molecule has 0 atom stereocenters. The fourth-order valence-electron chi connectivity index (χ4n) is 3.93. The molecule has 0 radical (unpaired) electrons. The van der Waals surface area contributed by atoms with Gasteiger partial charge in [-0.2, -0.15) is 4.98 Å². The van der Waals surface area contributed by atoms with Crippen LogP contribution in [-0.2, 0) is 19.6 Å². The van der Waals surface area contributed by atoms with Gasteiger partial charge in [-0.25, -0.2) is 19.1 Å². The molecule has 0 aliphatic rings. The highest BCUT2D eigenvalue weighted by Gasteiger charge is 2.15. The number of anilines is 2. The molecule has 3 heterocycles. The summed E-state index contributed by atoms with van der Waals surface area (Å²) < 4.78 is 13.2. The van der Waals surface area contributed by atoms with Crippen molar-refractivity contribution in [2.24, 2.45) is 0 Å². The molecule has 0 amide bonds. The van der Waals surface area contributed by atoms with Crippen molar-refractivity contribution in [2.75, 3.05) is 18.2 Å². The lowest BCUT2D eigenvalue weighted by molar-refractivity contribution is 0.414. The summed E-state index contributed by atoms with van der Waals surface area (Å²) in [5.74, 6) is 1.19. The molecule has 0 spiro atoms. The minimum absolute atomic E-state index is 0.0747. The monoisotopic (exact) mass is 484 g/mol. The highest BCUT2D eigenvalue weighted by Crippen LogP contribution is 2.18. The second-order valence-corrected chi connectivity index (χ2v) is 8.22. The molecule has 36 heavy (non-hydrogen) atoms. The molecule has 10 nitrogen and oxygen atoms in total. The van der Waals surface area contributed by atoms with Crippen LogP contribution in [0.4, 0.5) is 11.8 Å². The number of pyridine rings is 1. The van der Waals surface area contributed by atoms with Crippen LogP contribution in [0.5, 0.6) is 5.75 Å². The van der Waals surface area contributed by atoms with E-state index < -0.39 is 11.4 Å². The maximum Gasteiger partial charge on any atom is 0.355 e. The van der Waals surface area contributed by atoms with Crippen molar-refractivity contribution in [2.45, 2.75) is 19.6 Å². The summed E-state index contributed by atoms with van der Waals surface area (Å²) in [4.78, 5) is 34.8. The van der Waals surface area contributed by atoms with E-state index in [4.69, 9.17) is 14.9 Å². The van der Waals surface area contributed by atoms with Crippen LogP contribution in [0.2, 0.25) is 0 Å². The van der Waals surface area contributed by atoms with Crippen LogP contribution in [0, 0.1) is 0 Å². The Hall–Kier alpha value is -4.86. The lowest BCUT2D eigenvalue weighted by Gasteiger charge is -2.16. The summed E-state index contributed by atoms with van der Waals surface area (Å²) in [5, 5.41) is 4.01. The van der Waals surface area contributed by atoms with Gasteiger partial charge >= 0.3 is 11.4 Å². The van der Waals surface area contributed by atoms with E-state index in [0.717, 1.165) is 32.2 Å². The molecule has 0 fully saturated rings. The zero-order valence-corrected chi connectivity index (χ0v) is 19.5. The van der Waals surface area contributed by atoms with Gasteiger partial charge in [-0.1, -0.05) is 24.3 Å². The van der Waals surface area contributed by atoms with Crippen LogP contribution >= 0.6 is 0 Å². The fourth-order valence-corrected chi connectivity index (χ4v) is 3.93. The molecule has 0 aliphatic heterocycles. The van der Waals surface area contributed by atoms with Crippen LogP contribution in [0.15, 0.2) is 87.1 Å². The SMILES string of the molecule is COc1ccc(Cn2c(=O)nc(NCc3cccnc3N)n(Cc3ccc4occc4c3)c2=O)cc1. The first-order valence-electron chi connectivity index (χ1n) is 11.3. The lowest BCUT2D eigenvalue weighted by atomic mass is 10.1. The van der Waals surface area contributed by atoms with E-state index >= 15 is 0 Å². The largest absolute Gasteiger partial charge is 0.497 e. The zero-order chi connectivity index (χ0) is 25.1. The molecule has 0 aliphatic carbocycles. The Labute approximate surface area is 205 Å². The minimum atomic E-state index is -0.654. The molecule has 3 aromatic heterocycles. The number of nitrogens with one attached hydrogen (secondary N) is 1. The normalized spacial score (nSPS) is 11.0. The number of hydrogen-bond donors (Lipinski definition) is 2. The predicted octanol–water partition coefficient (Wildman–Crippen LogP) is 2.85. The van der Waals surface area contributed by atoms with Crippen molar-refractivity contribution >= 4 is 22.7 Å². The number of benzene rings is 2. The van der Waals surface area contributed by atoms with Crippen molar-refractivity contribution in [3.8, 4) is 5.75 Å². The average Bonchev–Trinajstić information content (AvgIpc) is 3.36. The van der Waals surface area contributed by atoms with E-state index in [1.54, 1.807) is 49.9 Å². The summed E-state index contributed by atoms with van der Waals surface area (Å²) >= 11 is 0. The predicted molar refractivity (Wildman–Crippen MR) is 136 cm³/mol.